The average molecular weight is 381 g/mol. The van der Waals surface area contributed by atoms with Gasteiger partial charge in [-0.25, -0.2) is 4.79 Å². The number of hydrogen-bond acceptors (Lipinski definition) is 3. The smallest absolute Gasteiger partial charge is 0.322 e. The van der Waals surface area contributed by atoms with Crippen molar-refractivity contribution in [1.29, 1.82) is 0 Å². The molecule has 3 heterocycles. The van der Waals surface area contributed by atoms with Crippen LogP contribution in [0.5, 0.6) is 0 Å². The summed E-state index contributed by atoms with van der Waals surface area (Å²) in [5.74, 6) is 0.983. The molecule has 0 aliphatic carbocycles. The highest BCUT2D eigenvalue weighted by atomic mass is 16.3. The molecule has 2 saturated heterocycles. The van der Waals surface area contributed by atoms with Crippen LogP contribution >= 0.6 is 0 Å². The molecule has 1 N–H and O–H groups in total. The van der Waals surface area contributed by atoms with E-state index in [4.69, 9.17) is 4.42 Å². The average Bonchev–Trinajstić information content (AvgIpc) is 3.30. The highest BCUT2D eigenvalue weighted by Crippen LogP contribution is 2.32. The summed E-state index contributed by atoms with van der Waals surface area (Å²) in [6.07, 6.45) is 7.24. The lowest BCUT2D eigenvalue weighted by Crippen LogP contribution is -2.38. The van der Waals surface area contributed by atoms with Gasteiger partial charge in [0.15, 0.2) is 0 Å². The molecule has 1 aromatic heterocycles. The first-order valence-electron chi connectivity index (χ1n) is 10.2. The zero-order valence-electron chi connectivity index (χ0n) is 16.3. The van der Waals surface area contributed by atoms with E-state index in [1.54, 1.807) is 11.2 Å². The molecule has 0 spiro atoms. The van der Waals surface area contributed by atoms with E-state index >= 15 is 0 Å². The molecule has 1 atom stereocenters. The largest absolute Gasteiger partial charge is 0.467 e. The molecule has 2 aliphatic heterocycles. The van der Waals surface area contributed by atoms with Gasteiger partial charge >= 0.3 is 6.03 Å². The Hall–Kier alpha value is -2.76. The number of aryl methyl sites for hydroxylation is 1. The number of nitrogens with zero attached hydrogens (tertiary/aromatic N) is 2. The fourth-order valence-electron chi connectivity index (χ4n) is 4.15. The Labute approximate surface area is 165 Å². The van der Waals surface area contributed by atoms with Crippen molar-refractivity contribution in [2.75, 3.05) is 23.3 Å². The Morgan fingerprint density at radius 1 is 1.14 bits per heavy atom. The molecule has 3 amide bonds. The van der Waals surface area contributed by atoms with Gasteiger partial charge in [-0.15, -0.1) is 0 Å². The van der Waals surface area contributed by atoms with Gasteiger partial charge in [0.05, 0.1) is 12.3 Å². The highest BCUT2D eigenvalue weighted by molar-refractivity contribution is 5.97. The summed E-state index contributed by atoms with van der Waals surface area (Å²) in [6.45, 7) is 3.42. The number of likely N-dealkylation sites (tertiary alicyclic amines) is 1. The van der Waals surface area contributed by atoms with Crippen LogP contribution in [0.15, 0.2) is 41.0 Å². The Kier molecular flexibility index (Phi) is 5.37. The van der Waals surface area contributed by atoms with Crippen molar-refractivity contribution in [2.45, 2.75) is 51.5 Å². The lowest BCUT2D eigenvalue weighted by Gasteiger charge is -2.29. The van der Waals surface area contributed by atoms with E-state index in [2.05, 4.69) is 5.32 Å². The summed E-state index contributed by atoms with van der Waals surface area (Å²) in [7, 11) is 0. The first-order valence-corrected chi connectivity index (χ1v) is 10.2. The van der Waals surface area contributed by atoms with Crippen molar-refractivity contribution in [2.24, 2.45) is 0 Å². The third-order valence-electron chi connectivity index (χ3n) is 5.73. The summed E-state index contributed by atoms with van der Waals surface area (Å²) in [5, 5.41) is 3.09. The third-order valence-corrected chi connectivity index (χ3v) is 5.73. The fraction of sp³-hybridized carbons (Fsp3) is 0.455. The maximum atomic E-state index is 13.2. The van der Waals surface area contributed by atoms with Gasteiger partial charge in [-0.3, -0.25) is 4.79 Å². The van der Waals surface area contributed by atoms with Crippen LogP contribution in [0.25, 0.3) is 0 Å². The molecular formula is C22H27N3O3. The van der Waals surface area contributed by atoms with Crippen LogP contribution in [0.2, 0.25) is 0 Å². The number of anilines is 2. The Balaban J connectivity index is 1.55. The van der Waals surface area contributed by atoms with E-state index in [0.717, 1.165) is 61.3 Å². The summed E-state index contributed by atoms with van der Waals surface area (Å²) in [5.41, 5.74) is 2.58. The second-order valence-corrected chi connectivity index (χ2v) is 7.65. The number of nitrogens with one attached hydrogen (secondary N) is 1. The van der Waals surface area contributed by atoms with Gasteiger partial charge in [0, 0.05) is 30.9 Å². The SMILES string of the molecule is Cc1ccc(N2CCCC2=O)cc1NC(=O)N1CCCCCC1c1ccco1. The molecule has 4 rings (SSSR count). The molecule has 0 radical (unpaired) electrons. The quantitative estimate of drug-likeness (QED) is 0.825. The van der Waals surface area contributed by atoms with Crippen LogP contribution in [0.1, 0.15) is 55.9 Å². The lowest BCUT2D eigenvalue weighted by atomic mass is 10.1. The molecule has 1 aromatic carbocycles. The minimum Gasteiger partial charge on any atom is -0.467 e. The predicted molar refractivity (Wildman–Crippen MR) is 108 cm³/mol. The van der Waals surface area contributed by atoms with Crippen molar-refractivity contribution in [1.82, 2.24) is 4.90 Å². The molecule has 6 nitrogen and oxygen atoms in total. The van der Waals surface area contributed by atoms with Gasteiger partial charge < -0.3 is 19.5 Å². The Morgan fingerprint density at radius 3 is 2.79 bits per heavy atom. The van der Waals surface area contributed by atoms with Crippen LogP contribution < -0.4 is 10.2 Å². The first kappa shape index (κ1) is 18.6. The van der Waals surface area contributed by atoms with Crippen LogP contribution in [-0.4, -0.2) is 29.9 Å². The number of hydrogen-bond donors (Lipinski definition) is 1. The fourth-order valence-corrected chi connectivity index (χ4v) is 4.15. The van der Waals surface area contributed by atoms with Gasteiger partial charge in [-0.1, -0.05) is 18.9 Å². The second kappa shape index (κ2) is 8.09. The number of carbonyl (C=O) groups excluding carboxylic acids is 2. The van der Waals surface area contributed by atoms with Crippen LogP contribution in [0, 0.1) is 6.92 Å². The van der Waals surface area contributed by atoms with Crippen molar-refractivity contribution < 1.29 is 14.0 Å². The molecule has 28 heavy (non-hydrogen) atoms. The monoisotopic (exact) mass is 381 g/mol. The van der Waals surface area contributed by atoms with E-state index in [0.29, 0.717) is 13.0 Å². The van der Waals surface area contributed by atoms with Gasteiger partial charge in [0.1, 0.15) is 5.76 Å². The summed E-state index contributed by atoms with van der Waals surface area (Å²) in [6, 6.07) is 9.49. The van der Waals surface area contributed by atoms with Gasteiger partial charge in [0.25, 0.3) is 0 Å². The van der Waals surface area contributed by atoms with Crippen molar-refractivity contribution in [3.8, 4) is 0 Å². The van der Waals surface area contributed by atoms with E-state index in [9.17, 15) is 9.59 Å². The van der Waals surface area contributed by atoms with Crippen LogP contribution in [0.4, 0.5) is 16.2 Å². The second-order valence-electron chi connectivity index (χ2n) is 7.65. The maximum absolute atomic E-state index is 13.2. The summed E-state index contributed by atoms with van der Waals surface area (Å²) < 4.78 is 5.62. The molecular weight excluding hydrogens is 354 g/mol. The predicted octanol–water partition coefficient (Wildman–Crippen LogP) is 4.86. The number of furan rings is 1. The number of rotatable bonds is 3. The molecule has 2 aliphatic rings. The topological polar surface area (TPSA) is 65.8 Å². The van der Waals surface area contributed by atoms with Crippen molar-refractivity contribution >= 4 is 23.3 Å². The molecule has 2 aromatic rings. The highest BCUT2D eigenvalue weighted by Gasteiger charge is 2.29. The number of benzene rings is 1. The first-order chi connectivity index (χ1) is 13.6. The summed E-state index contributed by atoms with van der Waals surface area (Å²) in [4.78, 5) is 28.9. The minimum absolute atomic E-state index is 0.0406. The van der Waals surface area contributed by atoms with Crippen molar-refractivity contribution in [3.05, 3.63) is 47.9 Å². The molecule has 0 saturated carbocycles. The van der Waals surface area contributed by atoms with E-state index in [-0.39, 0.29) is 18.0 Å². The molecule has 0 bridgehead atoms. The van der Waals surface area contributed by atoms with Crippen LogP contribution in [0.3, 0.4) is 0 Å². The van der Waals surface area contributed by atoms with E-state index < -0.39 is 0 Å². The number of urea groups is 1. The zero-order valence-corrected chi connectivity index (χ0v) is 16.3. The molecule has 148 valence electrons. The standard InChI is InChI=1S/C22H27N3O3/c1-16-10-11-17(24-13-5-9-21(24)26)15-18(16)23-22(27)25-12-4-2-3-7-19(25)20-8-6-14-28-20/h6,8,10-11,14-15,19H,2-5,7,9,12-13H2,1H3,(H,23,27). The minimum atomic E-state index is -0.115. The Bertz CT molecular complexity index is 847. The number of amides is 3. The molecule has 6 heteroatoms. The van der Waals surface area contributed by atoms with Gasteiger partial charge in [-0.05, 0) is 56.0 Å². The number of carbonyl (C=O) groups is 2. The third kappa shape index (κ3) is 3.77. The Morgan fingerprint density at radius 2 is 2.04 bits per heavy atom. The summed E-state index contributed by atoms with van der Waals surface area (Å²) >= 11 is 0. The normalized spacial score (nSPS) is 20.3. The molecule has 1 unspecified atom stereocenters. The zero-order chi connectivity index (χ0) is 19.5. The van der Waals surface area contributed by atoms with Crippen molar-refractivity contribution in [3.63, 3.8) is 0 Å². The van der Waals surface area contributed by atoms with E-state index in [1.807, 2.05) is 42.2 Å². The van der Waals surface area contributed by atoms with E-state index in [1.165, 1.54) is 0 Å². The molecule has 2 fully saturated rings. The lowest BCUT2D eigenvalue weighted by molar-refractivity contribution is -0.117. The van der Waals surface area contributed by atoms with Crippen LogP contribution in [-0.2, 0) is 4.79 Å². The van der Waals surface area contributed by atoms with Gasteiger partial charge in [-0.2, -0.15) is 0 Å². The maximum Gasteiger partial charge on any atom is 0.322 e. The van der Waals surface area contributed by atoms with Gasteiger partial charge in [0.2, 0.25) is 5.91 Å².